The molecule has 23 heavy (non-hydrogen) atoms. The highest BCUT2D eigenvalue weighted by Gasteiger charge is 2.36. The average molecular weight is 360 g/mol. The van der Waals surface area contributed by atoms with Gasteiger partial charge in [0, 0.05) is 29.9 Å². The molecule has 0 radical (unpaired) electrons. The summed E-state index contributed by atoms with van der Waals surface area (Å²) in [7, 11) is 4.25. The molecule has 1 amide bonds. The summed E-state index contributed by atoms with van der Waals surface area (Å²) in [5, 5.41) is 6.48. The second kappa shape index (κ2) is 8.22. The van der Waals surface area contributed by atoms with Crippen LogP contribution in [-0.2, 0) is 6.42 Å². The van der Waals surface area contributed by atoms with Gasteiger partial charge in [0.25, 0.3) is 5.91 Å². The lowest BCUT2D eigenvalue weighted by Crippen LogP contribution is -2.50. The van der Waals surface area contributed by atoms with Crippen LogP contribution in [0.25, 0.3) is 0 Å². The highest BCUT2D eigenvalue weighted by molar-refractivity contribution is 5.95. The van der Waals surface area contributed by atoms with E-state index in [-0.39, 0.29) is 36.3 Å². The van der Waals surface area contributed by atoms with E-state index >= 15 is 0 Å². The van der Waals surface area contributed by atoms with Crippen molar-refractivity contribution in [3.8, 4) is 0 Å². The molecule has 1 fully saturated rings. The van der Waals surface area contributed by atoms with Gasteiger partial charge in [0.1, 0.15) is 0 Å². The van der Waals surface area contributed by atoms with Crippen LogP contribution in [0.5, 0.6) is 0 Å². The summed E-state index contributed by atoms with van der Waals surface area (Å²) in [6.45, 7) is 1.72. The van der Waals surface area contributed by atoms with Crippen LogP contribution in [0.4, 0.5) is 5.69 Å². The molecule has 0 atom stereocenters. The van der Waals surface area contributed by atoms with Crippen LogP contribution in [0.1, 0.15) is 41.6 Å². The van der Waals surface area contributed by atoms with Crippen molar-refractivity contribution in [2.24, 2.45) is 0 Å². The number of nitrogens with one attached hydrogen (secondary N) is 2. The molecule has 4 nitrogen and oxygen atoms in total. The van der Waals surface area contributed by atoms with Crippen LogP contribution in [0.2, 0.25) is 0 Å². The van der Waals surface area contributed by atoms with Crippen LogP contribution in [0.3, 0.4) is 0 Å². The van der Waals surface area contributed by atoms with Gasteiger partial charge in [-0.3, -0.25) is 4.79 Å². The molecule has 0 unspecified atom stereocenters. The van der Waals surface area contributed by atoms with Gasteiger partial charge in [0.15, 0.2) is 0 Å². The minimum absolute atomic E-state index is 0. The number of halogens is 2. The molecular weight excluding hydrogens is 333 g/mol. The van der Waals surface area contributed by atoms with Gasteiger partial charge < -0.3 is 15.5 Å². The van der Waals surface area contributed by atoms with E-state index in [9.17, 15) is 4.79 Å². The highest BCUT2D eigenvalue weighted by Crippen LogP contribution is 2.33. The van der Waals surface area contributed by atoms with Gasteiger partial charge in [0.05, 0.1) is 0 Å². The van der Waals surface area contributed by atoms with Crippen LogP contribution in [-0.4, -0.2) is 43.5 Å². The lowest BCUT2D eigenvalue weighted by Gasteiger charge is -2.36. The molecule has 6 heteroatoms. The lowest BCUT2D eigenvalue weighted by atomic mass is 9.96. The number of anilines is 1. The number of likely N-dealkylation sites (N-methyl/N-ethyl adjacent to an activating group) is 1. The Balaban J connectivity index is 0.00000132. The number of hydrogen-bond acceptors (Lipinski definition) is 3. The van der Waals surface area contributed by atoms with E-state index in [4.69, 9.17) is 0 Å². The number of carbonyl (C=O) groups is 1. The fourth-order valence-corrected chi connectivity index (χ4v) is 3.61. The minimum Gasteiger partial charge on any atom is -0.384 e. The average Bonchev–Trinajstić information content (AvgIpc) is 3.13. The van der Waals surface area contributed by atoms with Crippen molar-refractivity contribution in [1.29, 1.82) is 0 Å². The summed E-state index contributed by atoms with van der Waals surface area (Å²) in [5.74, 6) is 0.0535. The molecule has 2 aliphatic rings. The molecule has 3 rings (SSSR count). The number of fused-ring (bicyclic) bond motifs is 1. The maximum atomic E-state index is 12.4. The quantitative estimate of drug-likeness (QED) is 0.867. The number of amides is 1. The van der Waals surface area contributed by atoms with Gasteiger partial charge in [-0.25, -0.2) is 0 Å². The van der Waals surface area contributed by atoms with Crippen molar-refractivity contribution in [1.82, 2.24) is 10.2 Å². The molecular formula is C17H27Cl2N3O. The number of carbonyl (C=O) groups excluding carboxylic acids is 1. The van der Waals surface area contributed by atoms with Crippen molar-refractivity contribution in [2.75, 3.05) is 32.5 Å². The van der Waals surface area contributed by atoms with Crippen molar-refractivity contribution in [2.45, 2.75) is 37.6 Å². The first kappa shape index (κ1) is 20.1. The van der Waals surface area contributed by atoms with Gasteiger partial charge in [-0.1, -0.05) is 12.8 Å². The van der Waals surface area contributed by atoms with Crippen molar-refractivity contribution >= 4 is 36.4 Å². The van der Waals surface area contributed by atoms with Gasteiger partial charge >= 0.3 is 0 Å². The first-order valence-electron chi connectivity index (χ1n) is 7.93. The summed E-state index contributed by atoms with van der Waals surface area (Å²) in [5.41, 5.74) is 3.36. The van der Waals surface area contributed by atoms with Gasteiger partial charge in [-0.2, -0.15) is 0 Å². The maximum Gasteiger partial charge on any atom is 0.251 e. The third kappa shape index (κ3) is 4.11. The monoisotopic (exact) mass is 359 g/mol. The lowest BCUT2D eigenvalue weighted by molar-refractivity contribution is 0.0900. The van der Waals surface area contributed by atoms with E-state index in [1.54, 1.807) is 0 Å². The molecule has 1 aliphatic carbocycles. The van der Waals surface area contributed by atoms with Gasteiger partial charge in [-0.15, -0.1) is 24.8 Å². The number of rotatable bonds is 4. The molecule has 1 saturated carbocycles. The SMILES string of the molecule is CN(C)C1(CNC(=O)c2ccc3c(c2)CCN3)CCCC1.Cl.Cl. The summed E-state index contributed by atoms with van der Waals surface area (Å²) in [6.07, 6.45) is 5.89. The normalized spacial score (nSPS) is 17.7. The first-order valence-corrected chi connectivity index (χ1v) is 7.93. The fourth-order valence-electron chi connectivity index (χ4n) is 3.61. The topological polar surface area (TPSA) is 44.4 Å². The Kier molecular flexibility index (Phi) is 7.18. The maximum absolute atomic E-state index is 12.4. The predicted octanol–water partition coefficient (Wildman–Crippen LogP) is 3.10. The fraction of sp³-hybridized carbons (Fsp3) is 0.588. The molecule has 130 valence electrons. The largest absolute Gasteiger partial charge is 0.384 e. The predicted molar refractivity (Wildman–Crippen MR) is 100 cm³/mol. The zero-order valence-electron chi connectivity index (χ0n) is 13.9. The molecule has 1 aliphatic heterocycles. The van der Waals surface area contributed by atoms with E-state index in [0.29, 0.717) is 0 Å². The van der Waals surface area contributed by atoms with Crippen LogP contribution >= 0.6 is 24.8 Å². The van der Waals surface area contributed by atoms with Gasteiger partial charge in [-0.05, 0) is 57.1 Å². The molecule has 2 N–H and O–H groups in total. The Morgan fingerprint density at radius 2 is 1.96 bits per heavy atom. The standard InChI is InChI=1S/C17H25N3O.2ClH/c1-20(2)17(8-3-4-9-17)12-19-16(21)14-5-6-15-13(11-14)7-10-18-15;;/h5-6,11,18H,3-4,7-10,12H2,1-2H3,(H,19,21);2*1H. The van der Waals surface area contributed by atoms with Crippen LogP contribution < -0.4 is 10.6 Å². The Morgan fingerprint density at radius 3 is 2.61 bits per heavy atom. The molecule has 0 saturated heterocycles. The zero-order valence-corrected chi connectivity index (χ0v) is 15.5. The summed E-state index contributed by atoms with van der Waals surface area (Å²) >= 11 is 0. The van der Waals surface area contributed by atoms with Crippen molar-refractivity contribution in [3.63, 3.8) is 0 Å². The minimum atomic E-state index is 0. The second-order valence-corrected chi connectivity index (χ2v) is 6.56. The van der Waals surface area contributed by atoms with Gasteiger partial charge in [0.2, 0.25) is 0 Å². The van der Waals surface area contributed by atoms with E-state index in [1.807, 2.05) is 18.2 Å². The summed E-state index contributed by atoms with van der Waals surface area (Å²) in [4.78, 5) is 14.7. The van der Waals surface area contributed by atoms with E-state index in [0.717, 1.165) is 25.1 Å². The third-order valence-electron chi connectivity index (χ3n) is 5.14. The van der Waals surface area contributed by atoms with E-state index in [2.05, 4.69) is 29.6 Å². The molecule has 0 bridgehead atoms. The van der Waals surface area contributed by atoms with Crippen LogP contribution in [0.15, 0.2) is 18.2 Å². The molecule has 1 aromatic rings. The summed E-state index contributed by atoms with van der Waals surface area (Å²) in [6, 6.07) is 5.97. The second-order valence-electron chi connectivity index (χ2n) is 6.56. The van der Waals surface area contributed by atoms with E-state index < -0.39 is 0 Å². The Labute approximate surface area is 151 Å². The summed E-state index contributed by atoms with van der Waals surface area (Å²) < 4.78 is 0. The number of hydrogen-bond donors (Lipinski definition) is 2. The molecule has 0 spiro atoms. The zero-order chi connectivity index (χ0) is 14.9. The molecule has 1 aromatic carbocycles. The Hall–Kier alpha value is -0.970. The smallest absolute Gasteiger partial charge is 0.251 e. The Morgan fingerprint density at radius 1 is 1.26 bits per heavy atom. The highest BCUT2D eigenvalue weighted by atomic mass is 35.5. The van der Waals surface area contributed by atoms with E-state index in [1.165, 1.54) is 36.9 Å². The van der Waals surface area contributed by atoms with Crippen LogP contribution in [0, 0.1) is 0 Å². The molecule has 0 aromatic heterocycles. The van der Waals surface area contributed by atoms with Crippen molar-refractivity contribution < 1.29 is 4.79 Å². The third-order valence-corrected chi connectivity index (χ3v) is 5.14. The number of benzene rings is 1. The number of nitrogens with zero attached hydrogens (tertiary/aromatic N) is 1. The molecule has 1 heterocycles. The first-order chi connectivity index (χ1) is 10.1. The Bertz CT molecular complexity index is 543. The van der Waals surface area contributed by atoms with Crippen molar-refractivity contribution in [3.05, 3.63) is 29.3 Å².